The van der Waals surface area contributed by atoms with E-state index in [4.69, 9.17) is 9.97 Å². The summed E-state index contributed by atoms with van der Waals surface area (Å²) in [5.74, 6) is -0.351. The van der Waals surface area contributed by atoms with Crippen LogP contribution < -0.4 is 5.32 Å². The first kappa shape index (κ1) is 28.5. The first-order valence-corrected chi connectivity index (χ1v) is 14.5. The number of fused-ring (bicyclic) bond motifs is 1. The van der Waals surface area contributed by atoms with E-state index in [0.29, 0.717) is 23.8 Å². The molecule has 2 N–H and O–H groups in total. The maximum atomic E-state index is 13.5. The third kappa shape index (κ3) is 7.56. The summed E-state index contributed by atoms with van der Waals surface area (Å²) in [6.45, 7) is 9.77. The average Bonchev–Trinajstić information content (AvgIpc) is 3.29. The lowest BCUT2D eigenvalue weighted by Gasteiger charge is -2.26. The fraction of sp³-hybridized carbons (Fsp3) is 0.533. The summed E-state index contributed by atoms with van der Waals surface area (Å²) >= 11 is 0. The molecule has 1 aliphatic heterocycles. The summed E-state index contributed by atoms with van der Waals surface area (Å²) in [5, 5.41) is 12.6. The van der Waals surface area contributed by atoms with Crippen molar-refractivity contribution in [3.8, 4) is 0 Å². The summed E-state index contributed by atoms with van der Waals surface area (Å²) < 4.78 is 2.06. The number of hydrogen-bond acceptors (Lipinski definition) is 6. The van der Waals surface area contributed by atoms with Crippen molar-refractivity contribution in [1.29, 1.82) is 0 Å². The second kappa shape index (κ2) is 14.1. The Bertz CT molecular complexity index is 1230. The molecule has 39 heavy (non-hydrogen) atoms. The maximum Gasteiger partial charge on any atom is 0.335 e. The minimum atomic E-state index is -0.959. The summed E-state index contributed by atoms with van der Waals surface area (Å²) in [6, 6.07) is 10.3. The molecule has 3 aromatic rings. The summed E-state index contributed by atoms with van der Waals surface area (Å²) in [6.07, 6.45) is 8.78. The van der Waals surface area contributed by atoms with Crippen molar-refractivity contribution in [3.63, 3.8) is 0 Å². The number of hydrogen-bond donors (Lipinski definition) is 2. The molecule has 0 bridgehead atoms. The highest BCUT2D eigenvalue weighted by Gasteiger charge is 2.20. The highest BCUT2D eigenvalue weighted by atomic mass is 16.4. The van der Waals surface area contributed by atoms with Crippen LogP contribution in [-0.4, -0.2) is 74.0 Å². The van der Waals surface area contributed by atoms with E-state index in [2.05, 4.69) is 28.6 Å². The minimum Gasteiger partial charge on any atom is -0.478 e. The third-order valence-corrected chi connectivity index (χ3v) is 7.35. The van der Waals surface area contributed by atoms with Gasteiger partial charge in [-0.2, -0.15) is 0 Å². The summed E-state index contributed by atoms with van der Waals surface area (Å²) in [7, 11) is 0. The largest absolute Gasteiger partial charge is 0.478 e. The SMILES string of the molecule is CCCCN(CCCC)C(=O)c1ccc2nc(Nc3ccc(C(=O)O)cc3)n(CCCN3CCCCC3)c2n1. The second-order valence-corrected chi connectivity index (χ2v) is 10.4. The number of nitrogens with one attached hydrogen (secondary N) is 1. The summed E-state index contributed by atoms with van der Waals surface area (Å²) in [4.78, 5) is 38.9. The number of aryl methyl sites for hydroxylation is 1. The highest BCUT2D eigenvalue weighted by molar-refractivity contribution is 5.94. The van der Waals surface area contributed by atoms with Gasteiger partial charge in [0.15, 0.2) is 5.65 Å². The number of carboxylic acid groups (broad SMARTS) is 1. The minimum absolute atomic E-state index is 0.0290. The van der Waals surface area contributed by atoms with E-state index in [1.54, 1.807) is 30.3 Å². The number of aromatic carboxylic acids is 1. The first-order chi connectivity index (χ1) is 19.0. The van der Waals surface area contributed by atoms with Crippen LogP contribution in [0.4, 0.5) is 11.6 Å². The molecule has 0 aliphatic carbocycles. The Balaban J connectivity index is 1.61. The van der Waals surface area contributed by atoms with Crippen molar-refractivity contribution in [2.24, 2.45) is 0 Å². The quantitative estimate of drug-likeness (QED) is 0.270. The van der Waals surface area contributed by atoms with Gasteiger partial charge in [-0.05, 0) is 88.1 Å². The molecule has 1 aliphatic rings. The smallest absolute Gasteiger partial charge is 0.335 e. The number of rotatable bonds is 14. The van der Waals surface area contributed by atoms with Crippen LogP contribution in [0.3, 0.4) is 0 Å². The van der Waals surface area contributed by atoms with Crippen molar-refractivity contribution in [1.82, 2.24) is 24.3 Å². The lowest BCUT2D eigenvalue weighted by molar-refractivity contribution is 0.0695. The van der Waals surface area contributed by atoms with Crippen molar-refractivity contribution < 1.29 is 14.7 Å². The number of pyridine rings is 1. The molecule has 3 heterocycles. The van der Waals surface area contributed by atoms with E-state index < -0.39 is 5.97 Å². The topological polar surface area (TPSA) is 104 Å². The van der Waals surface area contributed by atoms with Crippen molar-refractivity contribution in [3.05, 3.63) is 47.7 Å². The van der Waals surface area contributed by atoms with Crippen LogP contribution in [0.2, 0.25) is 0 Å². The zero-order valence-corrected chi connectivity index (χ0v) is 23.4. The Morgan fingerprint density at radius 1 is 0.897 bits per heavy atom. The second-order valence-electron chi connectivity index (χ2n) is 10.4. The van der Waals surface area contributed by atoms with E-state index in [9.17, 15) is 14.7 Å². The molecule has 1 fully saturated rings. The number of aromatic nitrogens is 3. The molecule has 0 atom stereocenters. The van der Waals surface area contributed by atoms with Crippen LogP contribution in [0.25, 0.3) is 11.2 Å². The third-order valence-electron chi connectivity index (χ3n) is 7.35. The Kier molecular flexibility index (Phi) is 10.3. The number of carboxylic acids is 1. The molecule has 9 nitrogen and oxygen atoms in total. The van der Waals surface area contributed by atoms with Crippen LogP contribution in [0.1, 0.15) is 86.1 Å². The number of imidazole rings is 1. The van der Waals surface area contributed by atoms with Gasteiger partial charge in [0.2, 0.25) is 5.95 Å². The molecule has 0 radical (unpaired) electrons. The molecule has 0 unspecified atom stereocenters. The van der Waals surface area contributed by atoms with Gasteiger partial charge in [0, 0.05) is 25.3 Å². The predicted molar refractivity (Wildman–Crippen MR) is 155 cm³/mol. The maximum absolute atomic E-state index is 13.5. The molecular weight excluding hydrogens is 492 g/mol. The van der Waals surface area contributed by atoms with Crippen molar-refractivity contribution in [2.45, 2.75) is 71.8 Å². The van der Waals surface area contributed by atoms with Gasteiger partial charge < -0.3 is 20.2 Å². The van der Waals surface area contributed by atoms with Crippen molar-refractivity contribution >= 4 is 34.7 Å². The molecular formula is C30H42N6O3. The van der Waals surface area contributed by atoms with Crippen LogP contribution in [0.5, 0.6) is 0 Å². The fourth-order valence-electron chi connectivity index (χ4n) is 5.06. The van der Waals surface area contributed by atoms with Gasteiger partial charge in [0.05, 0.1) is 5.56 Å². The first-order valence-electron chi connectivity index (χ1n) is 14.5. The molecule has 0 spiro atoms. The molecule has 1 amide bonds. The Morgan fingerprint density at radius 3 is 2.23 bits per heavy atom. The van der Waals surface area contributed by atoms with E-state index in [-0.39, 0.29) is 11.5 Å². The number of unbranched alkanes of at least 4 members (excludes halogenated alkanes) is 2. The van der Waals surface area contributed by atoms with Gasteiger partial charge >= 0.3 is 5.97 Å². The molecule has 0 saturated carbocycles. The highest BCUT2D eigenvalue weighted by Crippen LogP contribution is 2.24. The van der Waals surface area contributed by atoms with Crippen LogP contribution in [-0.2, 0) is 6.54 Å². The number of carbonyl (C=O) groups excluding carboxylic acids is 1. The standard InChI is InChI=1S/C30H42N6O3/c1-3-5-20-35(21-6-4-2)28(37)26-16-15-25-27(32-26)36(22-10-19-34-17-8-7-9-18-34)30(33-25)31-24-13-11-23(12-14-24)29(38)39/h11-16H,3-10,17-22H2,1-2H3,(H,31,33)(H,38,39). The molecule has 1 saturated heterocycles. The van der Waals surface area contributed by atoms with E-state index in [0.717, 1.165) is 76.0 Å². The van der Waals surface area contributed by atoms with Gasteiger partial charge in [0.1, 0.15) is 11.2 Å². The number of likely N-dealkylation sites (tertiary alicyclic amines) is 1. The predicted octanol–water partition coefficient (Wildman–Crippen LogP) is 5.79. The zero-order chi connectivity index (χ0) is 27.6. The molecule has 9 heteroatoms. The zero-order valence-electron chi connectivity index (χ0n) is 23.4. The lowest BCUT2D eigenvalue weighted by atomic mass is 10.1. The van der Waals surface area contributed by atoms with Gasteiger partial charge in [-0.1, -0.05) is 33.1 Å². The van der Waals surface area contributed by atoms with E-state index in [1.165, 1.54) is 19.3 Å². The van der Waals surface area contributed by atoms with Crippen LogP contribution in [0.15, 0.2) is 36.4 Å². The number of amides is 1. The van der Waals surface area contributed by atoms with Gasteiger partial charge in [-0.25, -0.2) is 14.8 Å². The lowest BCUT2D eigenvalue weighted by Crippen LogP contribution is -2.33. The van der Waals surface area contributed by atoms with Crippen molar-refractivity contribution in [2.75, 3.05) is 38.0 Å². The Morgan fingerprint density at radius 2 is 1.59 bits per heavy atom. The van der Waals surface area contributed by atoms with Crippen LogP contribution >= 0.6 is 0 Å². The Labute approximate surface area is 231 Å². The number of anilines is 2. The average molecular weight is 535 g/mol. The van der Waals surface area contributed by atoms with Gasteiger partial charge in [-0.3, -0.25) is 9.36 Å². The number of piperidine rings is 1. The Hall–Kier alpha value is -3.46. The summed E-state index contributed by atoms with van der Waals surface area (Å²) in [5.41, 5.74) is 2.84. The number of benzene rings is 1. The molecule has 1 aromatic carbocycles. The van der Waals surface area contributed by atoms with E-state index in [1.807, 2.05) is 11.0 Å². The number of nitrogens with zero attached hydrogens (tertiary/aromatic N) is 5. The molecule has 4 rings (SSSR count). The van der Waals surface area contributed by atoms with Crippen LogP contribution in [0, 0.1) is 0 Å². The van der Waals surface area contributed by atoms with Gasteiger partial charge in [-0.15, -0.1) is 0 Å². The number of carbonyl (C=O) groups is 2. The molecule has 210 valence electrons. The molecule has 2 aromatic heterocycles. The van der Waals surface area contributed by atoms with Gasteiger partial charge in [0.25, 0.3) is 5.91 Å². The normalized spacial score (nSPS) is 14.0. The fourth-order valence-corrected chi connectivity index (χ4v) is 5.06. The monoisotopic (exact) mass is 534 g/mol. The van der Waals surface area contributed by atoms with E-state index >= 15 is 0 Å².